The van der Waals surface area contributed by atoms with Gasteiger partial charge in [0.15, 0.2) is 17.3 Å². The Kier molecular flexibility index (Phi) is 7.38. The Morgan fingerprint density at radius 1 is 0.868 bits per heavy atom. The molecular formula is C27H23F3N4O4. The van der Waals surface area contributed by atoms with E-state index >= 15 is 0 Å². The van der Waals surface area contributed by atoms with E-state index in [2.05, 4.69) is 15.3 Å². The summed E-state index contributed by atoms with van der Waals surface area (Å²) in [4.78, 5) is 21.6. The van der Waals surface area contributed by atoms with E-state index in [0.29, 0.717) is 40.0 Å². The molecule has 3 aromatic carbocycles. The van der Waals surface area contributed by atoms with Crippen LogP contribution in [0.3, 0.4) is 0 Å². The first-order valence-electron chi connectivity index (χ1n) is 11.2. The van der Waals surface area contributed by atoms with Crippen molar-refractivity contribution in [3.05, 3.63) is 83.7 Å². The van der Waals surface area contributed by atoms with Crippen molar-refractivity contribution in [3.8, 4) is 28.5 Å². The number of hydrogen-bond acceptors (Lipinski definition) is 8. The van der Waals surface area contributed by atoms with Crippen LogP contribution in [0.15, 0.2) is 67.0 Å². The van der Waals surface area contributed by atoms with Crippen molar-refractivity contribution < 1.29 is 32.2 Å². The first-order chi connectivity index (χ1) is 18.1. The average Bonchev–Trinajstić information content (AvgIpc) is 2.91. The Hall–Kier alpha value is -4.80. The minimum atomic E-state index is -4.48. The number of benzene rings is 3. The number of ketones is 1. The number of alkyl halides is 3. The van der Waals surface area contributed by atoms with E-state index in [1.54, 1.807) is 18.2 Å². The second-order valence-corrected chi connectivity index (χ2v) is 8.03. The maximum atomic E-state index is 12.8. The van der Waals surface area contributed by atoms with Crippen LogP contribution >= 0.6 is 0 Å². The fraction of sp³-hybridized carbons (Fsp3) is 0.148. The molecule has 0 saturated heterocycles. The fourth-order valence-corrected chi connectivity index (χ4v) is 3.77. The first kappa shape index (κ1) is 26.3. The summed E-state index contributed by atoms with van der Waals surface area (Å²) in [6, 6.07) is 12.0. The van der Waals surface area contributed by atoms with Crippen LogP contribution < -0.4 is 25.3 Å². The molecule has 4 rings (SSSR count). The number of rotatable bonds is 8. The molecule has 0 aliphatic carbocycles. The van der Waals surface area contributed by atoms with Gasteiger partial charge in [-0.15, -0.1) is 0 Å². The van der Waals surface area contributed by atoms with E-state index in [9.17, 15) is 18.0 Å². The first-order valence-corrected chi connectivity index (χ1v) is 11.2. The highest BCUT2D eigenvalue weighted by molar-refractivity contribution is 6.09. The van der Waals surface area contributed by atoms with Crippen LogP contribution in [-0.4, -0.2) is 37.1 Å². The minimum absolute atomic E-state index is 0.112. The number of halogens is 3. The van der Waals surface area contributed by atoms with E-state index < -0.39 is 17.5 Å². The summed E-state index contributed by atoms with van der Waals surface area (Å²) in [5, 5.41) is 3.14. The Balaban J connectivity index is 1.58. The van der Waals surface area contributed by atoms with Gasteiger partial charge >= 0.3 is 6.18 Å². The summed E-state index contributed by atoms with van der Waals surface area (Å²) in [5.41, 5.74) is 7.55. The third-order valence-electron chi connectivity index (χ3n) is 5.64. The van der Waals surface area contributed by atoms with Crippen molar-refractivity contribution in [2.24, 2.45) is 0 Å². The lowest BCUT2D eigenvalue weighted by molar-refractivity contribution is -0.137. The molecule has 8 nitrogen and oxygen atoms in total. The maximum absolute atomic E-state index is 12.8. The average molecular weight is 524 g/mol. The van der Waals surface area contributed by atoms with Crippen LogP contribution in [0.4, 0.5) is 30.4 Å². The predicted octanol–water partition coefficient (Wildman–Crippen LogP) is 5.75. The molecule has 38 heavy (non-hydrogen) atoms. The number of hydrogen-bond donors (Lipinski definition) is 2. The van der Waals surface area contributed by atoms with E-state index in [1.165, 1.54) is 45.9 Å². The molecule has 1 heterocycles. The number of aromatic nitrogens is 2. The van der Waals surface area contributed by atoms with Crippen molar-refractivity contribution in [1.82, 2.24) is 9.97 Å². The molecule has 0 unspecified atom stereocenters. The molecule has 0 spiro atoms. The molecule has 0 atom stereocenters. The molecule has 0 radical (unpaired) electrons. The Bertz CT molecular complexity index is 1450. The van der Waals surface area contributed by atoms with E-state index in [1.807, 2.05) is 0 Å². The monoisotopic (exact) mass is 524 g/mol. The summed E-state index contributed by atoms with van der Waals surface area (Å²) in [7, 11) is 4.53. The van der Waals surface area contributed by atoms with Gasteiger partial charge in [-0.05, 0) is 24.3 Å². The predicted molar refractivity (Wildman–Crippen MR) is 136 cm³/mol. The van der Waals surface area contributed by atoms with Gasteiger partial charge in [0.05, 0.1) is 45.0 Å². The van der Waals surface area contributed by atoms with E-state index in [0.717, 1.165) is 24.3 Å². The van der Waals surface area contributed by atoms with Crippen LogP contribution in [-0.2, 0) is 6.18 Å². The van der Waals surface area contributed by atoms with E-state index in [4.69, 9.17) is 19.9 Å². The largest absolute Gasteiger partial charge is 0.493 e. The molecule has 11 heteroatoms. The molecule has 0 bridgehead atoms. The molecule has 0 aliphatic rings. The van der Waals surface area contributed by atoms with Crippen molar-refractivity contribution in [2.45, 2.75) is 6.18 Å². The zero-order valence-corrected chi connectivity index (χ0v) is 20.6. The van der Waals surface area contributed by atoms with Crippen LogP contribution in [0.5, 0.6) is 17.2 Å². The summed E-state index contributed by atoms with van der Waals surface area (Å²) >= 11 is 0. The van der Waals surface area contributed by atoms with Gasteiger partial charge in [0.2, 0.25) is 5.75 Å². The van der Waals surface area contributed by atoms with Gasteiger partial charge in [-0.25, -0.2) is 4.98 Å². The maximum Gasteiger partial charge on any atom is 0.416 e. The number of carbonyl (C=O) groups excluding carboxylic acids is 1. The van der Waals surface area contributed by atoms with Crippen molar-refractivity contribution in [1.29, 1.82) is 0 Å². The summed E-state index contributed by atoms with van der Waals surface area (Å²) in [5.74, 6) is 1.30. The third kappa shape index (κ3) is 5.46. The lowest BCUT2D eigenvalue weighted by atomic mass is 9.99. The number of anilines is 3. The Labute approximate surface area is 216 Å². The van der Waals surface area contributed by atoms with Crippen LogP contribution in [0.2, 0.25) is 0 Å². The van der Waals surface area contributed by atoms with E-state index in [-0.39, 0.29) is 16.8 Å². The number of carbonyl (C=O) groups is 1. The molecule has 0 amide bonds. The topological polar surface area (TPSA) is 109 Å². The van der Waals surface area contributed by atoms with Crippen molar-refractivity contribution >= 4 is 23.0 Å². The number of nitrogens with two attached hydrogens (primary N) is 1. The molecule has 0 saturated carbocycles. The highest BCUT2D eigenvalue weighted by atomic mass is 19.4. The van der Waals surface area contributed by atoms with Crippen LogP contribution in [0.1, 0.15) is 21.5 Å². The number of methoxy groups -OCH3 is 3. The zero-order chi connectivity index (χ0) is 27.4. The van der Waals surface area contributed by atoms with Gasteiger partial charge < -0.3 is 25.3 Å². The van der Waals surface area contributed by atoms with Gasteiger partial charge in [-0.3, -0.25) is 9.78 Å². The second kappa shape index (κ2) is 10.7. The van der Waals surface area contributed by atoms with Crippen molar-refractivity contribution in [3.63, 3.8) is 0 Å². The van der Waals surface area contributed by atoms with Gasteiger partial charge in [0.1, 0.15) is 5.82 Å². The molecule has 196 valence electrons. The van der Waals surface area contributed by atoms with Gasteiger partial charge in [-0.2, -0.15) is 13.2 Å². The summed E-state index contributed by atoms with van der Waals surface area (Å²) in [6.07, 6.45) is -1.45. The standard InChI is InChI=1S/C27H23F3N4O4/c1-36-22-11-18(12-23(37-2)26(22)38-3)33-24-14-32-13-21(34-24)19-9-6-16(10-20(19)31)25(35)15-4-7-17(8-5-15)27(28,29)30/h4-14H,31H2,1-3H3,(H,33,34). The third-order valence-corrected chi connectivity index (χ3v) is 5.64. The zero-order valence-electron chi connectivity index (χ0n) is 20.6. The van der Waals surface area contributed by atoms with Gasteiger partial charge in [0.25, 0.3) is 0 Å². The summed E-state index contributed by atoms with van der Waals surface area (Å²) < 4.78 is 54.5. The van der Waals surface area contributed by atoms with Crippen LogP contribution in [0, 0.1) is 0 Å². The quantitative estimate of drug-likeness (QED) is 0.222. The molecule has 3 N–H and O–H groups in total. The lowest BCUT2D eigenvalue weighted by Gasteiger charge is -2.15. The fourth-order valence-electron chi connectivity index (χ4n) is 3.77. The molecule has 0 fully saturated rings. The SMILES string of the molecule is COc1cc(Nc2cncc(-c3ccc(C(=O)c4ccc(C(F)(F)F)cc4)cc3N)n2)cc(OC)c1OC. The number of ether oxygens (including phenoxy) is 3. The lowest BCUT2D eigenvalue weighted by Crippen LogP contribution is -2.07. The normalized spacial score (nSPS) is 11.1. The molecular weight excluding hydrogens is 501 g/mol. The minimum Gasteiger partial charge on any atom is -0.493 e. The highest BCUT2D eigenvalue weighted by Gasteiger charge is 2.30. The molecule has 1 aromatic heterocycles. The summed E-state index contributed by atoms with van der Waals surface area (Å²) in [6.45, 7) is 0. The highest BCUT2D eigenvalue weighted by Crippen LogP contribution is 2.40. The number of nitrogen functional groups attached to an aromatic ring is 1. The second-order valence-electron chi connectivity index (χ2n) is 8.03. The van der Waals surface area contributed by atoms with Gasteiger partial charge in [-0.1, -0.05) is 18.2 Å². The number of nitrogens with one attached hydrogen (secondary N) is 1. The Morgan fingerprint density at radius 2 is 1.50 bits per heavy atom. The Morgan fingerprint density at radius 3 is 2.05 bits per heavy atom. The van der Waals surface area contributed by atoms with Crippen molar-refractivity contribution in [2.75, 3.05) is 32.4 Å². The smallest absolute Gasteiger partial charge is 0.416 e. The van der Waals surface area contributed by atoms with Crippen LogP contribution in [0.25, 0.3) is 11.3 Å². The van der Waals surface area contributed by atoms with Gasteiger partial charge in [0, 0.05) is 40.2 Å². The number of nitrogens with zero attached hydrogens (tertiary/aromatic N) is 2. The molecule has 4 aromatic rings. The molecule has 0 aliphatic heterocycles.